The summed E-state index contributed by atoms with van der Waals surface area (Å²) >= 11 is 0. The number of methoxy groups -OCH3 is 1. The predicted octanol–water partition coefficient (Wildman–Crippen LogP) is 3.06. The monoisotopic (exact) mass is 203 g/mol. The number of ether oxygens (including phenoxy) is 1. The number of hydrogen-bond donors (Lipinski definition) is 1. The van der Waals surface area contributed by atoms with Crippen molar-refractivity contribution in [3.8, 4) is 0 Å². The first-order valence-electron chi connectivity index (χ1n) is 5.37. The van der Waals surface area contributed by atoms with E-state index in [2.05, 4.69) is 36.2 Å². The molecule has 1 heterocycles. The number of benzene rings is 1. The molecule has 0 saturated carbocycles. The zero-order valence-electron chi connectivity index (χ0n) is 9.34. The fourth-order valence-electron chi connectivity index (χ4n) is 1.90. The van der Waals surface area contributed by atoms with Gasteiger partial charge in [-0.05, 0) is 42.8 Å². The summed E-state index contributed by atoms with van der Waals surface area (Å²) in [5, 5.41) is 1.29. The minimum Gasteiger partial charge on any atom is -0.385 e. The van der Waals surface area contributed by atoms with E-state index in [1.54, 1.807) is 7.11 Å². The van der Waals surface area contributed by atoms with Gasteiger partial charge in [-0.1, -0.05) is 12.1 Å². The third-order valence-corrected chi connectivity index (χ3v) is 2.64. The molecule has 1 aromatic carbocycles. The van der Waals surface area contributed by atoms with Gasteiger partial charge in [-0.2, -0.15) is 0 Å². The highest BCUT2D eigenvalue weighted by atomic mass is 16.5. The third-order valence-electron chi connectivity index (χ3n) is 2.64. The highest BCUT2D eigenvalue weighted by Gasteiger charge is 1.99. The molecule has 1 aromatic heterocycles. The summed E-state index contributed by atoms with van der Waals surface area (Å²) in [6, 6.07) is 8.79. The van der Waals surface area contributed by atoms with Gasteiger partial charge in [-0.25, -0.2) is 0 Å². The molecule has 80 valence electrons. The van der Waals surface area contributed by atoms with Gasteiger partial charge in [-0.15, -0.1) is 0 Å². The number of hydrogen-bond acceptors (Lipinski definition) is 1. The Morgan fingerprint density at radius 3 is 2.93 bits per heavy atom. The Hall–Kier alpha value is -1.28. The fourth-order valence-corrected chi connectivity index (χ4v) is 1.90. The topological polar surface area (TPSA) is 25.0 Å². The van der Waals surface area contributed by atoms with Crippen molar-refractivity contribution in [2.24, 2.45) is 0 Å². The maximum atomic E-state index is 5.05. The number of rotatable bonds is 4. The van der Waals surface area contributed by atoms with E-state index in [0.29, 0.717) is 0 Å². The molecule has 1 N–H and O–H groups in total. The summed E-state index contributed by atoms with van der Waals surface area (Å²) in [4.78, 5) is 3.36. The van der Waals surface area contributed by atoms with E-state index in [1.807, 2.05) is 0 Å². The molecule has 0 radical (unpaired) electrons. The van der Waals surface area contributed by atoms with Gasteiger partial charge >= 0.3 is 0 Å². The molecule has 2 heteroatoms. The number of aryl methyl sites for hydroxylation is 2. The maximum absolute atomic E-state index is 5.05. The van der Waals surface area contributed by atoms with E-state index in [1.165, 1.54) is 22.2 Å². The van der Waals surface area contributed by atoms with E-state index in [0.717, 1.165) is 19.4 Å². The zero-order chi connectivity index (χ0) is 10.7. The minimum absolute atomic E-state index is 0.835. The predicted molar refractivity (Wildman–Crippen MR) is 63.2 cm³/mol. The first kappa shape index (κ1) is 10.2. The van der Waals surface area contributed by atoms with Crippen molar-refractivity contribution in [3.63, 3.8) is 0 Å². The molecule has 0 aliphatic rings. The first-order valence-corrected chi connectivity index (χ1v) is 5.37. The van der Waals surface area contributed by atoms with Crippen molar-refractivity contribution in [2.75, 3.05) is 13.7 Å². The Labute approximate surface area is 90.3 Å². The van der Waals surface area contributed by atoms with E-state index in [4.69, 9.17) is 4.74 Å². The number of aromatic amines is 1. The summed E-state index contributed by atoms with van der Waals surface area (Å²) in [6.07, 6.45) is 2.17. The Kier molecular flexibility index (Phi) is 3.07. The molecular formula is C13H17NO. The van der Waals surface area contributed by atoms with Gasteiger partial charge in [0.05, 0.1) is 0 Å². The van der Waals surface area contributed by atoms with Gasteiger partial charge < -0.3 is 9.72 Å². The summed E-state index contributed by atoms with van der Waals surface area (Å²) in [6.45, 7) is 2.92. The fraction of sp³-hybridized carbons (Fsp3) is 0.385. The lowest BCUT2D eigenvalue weighted by atomic mass is 10.1. The molecule has 2 aromatic rings. The third kappa shape index (κ3) is 2.39. The molecule has 0 aliphatic carbocycles. The lowest BCUT2D eigenvalue weighted by molar-refractivity contribution is 0.195. The normalized spacial score (nSPS) is 11.1. The van der Waals surface area contributed by atoms with Crippen LogP contribution in [0.2, 0.25) is 0 Å². The lowest BCUT2D eigenvalue weighted by Crippen LogP contribution is -1.92. The molecule has 2 nitrogen and oxygen atoms in total. The minimum atomic E-state index is 0.835. The van der Waals surface area contributed by atoms with Crippen LogP contribution >= 0.6 is 0 Å². The van der Waals surface area contributed by atoms with Gasteiger partial charge in [0.25, 0.3) is 0 Å². The van der Waals surface area contributed by atoms with Gasteiger partial charge in [0, 0.05) is 24.9 Å². The quantitative estimate of drug-likeness (QED) is 0.759. The van der Waals surface area contributed by atoms with Crippen molar-refractivity contribution >= 4 is 10.9 Å². The summed E-state index contributed by atoms with van der Waals surface area (Å²) in [5.74, 6) is 0. The van der Waals surface area contributed by atoms with Gasteiger partial charge in [0.2, 0.25) is 0 Å². The smallest absolute Gasteiger partial charge is 0.0465 e. The molecule has 15 heavy (non-hydrogen) atoms. The van der Waals surface area contributed by atoms with E-state index < -0.39 is 0 Å². The summed E-state index contributed by atoms with van der Waals surface area (Å²) < 4.78 is 5.05. The molecule has 0 atom stereocenters. The van der Waals surface area contributed by atoms with Crippen molar-refractivity contribution in [1.29, 1.82) is 0 Å². The van der Waals surface area contributed by atoms with Gasteiger partial charge in [0.1, 0.15) is 0 Å². The Morgan fingerprint density at radius 1 is 1.27 bits per heavy atom. The van der Waals surface area contributed by atoms with Crippen LogP contribution in [0.1, 0.15) is 17.7 Å². The van der Waals surface area contributed by atoms with Crippen LogP contribution in [0.15, 0.2) is 24.3 Å². The van der Waals surface area contributed by atoms with Gasteiger partial charge in [-0.3, -0.25) is 0 Å². The molecule has 0 amide bonds. The largest absolute Gasteiger partial charge is 0.385 e. The van der Waals surface area contributed by atoms with Crippen LogP contribution in [0.4, 0.5) is 0 Å². The average Bonchev–Trinajstić information content (AvgIpc) is 2.57. The summed E-state index contributed by atoms with van der Waals surface area (Å²) in [7, 11) is 1.75. The van der Waals surface area contributed by atoms with Crippen LogP contribution in [0.3, 0.4) is 0 Å². The number of aromatic nitrogens is 1. The highest BCUT2D eigenvalue weighted by Crippen LogP contribution is 2.17. The van der Waals surface area contributed by atoms with E-state index >= 15 is 0 Å². The van der Waals surface area contributed by atoms with E-state index in [9.17, 15) is 0 Å². The van der Waals surface area contributed by atoms with Crippen LogP contribution in [-0.4, -0.2) is 18.7 Å². The van der Waals surface area contributed by atoms with Gasteiger partial charge in [0.15, 0.2) is 0 Å². The zero-order valence-corrected chi connectivity index (χ0v) is 9.34. The lowest BCUT2D eigenvalue weighted by Gasteiger charge is -2.01. The summed E-state index contributed by atoms with van der Waals surface area (Å²) in [5.41, 5.74) is 3.84. The molecule has 2 rings (SSSR count). The van der Waals surface area contributed by atoms with Crippen LogP contribution in [-0.2, 0) is 11.2 Å². The molecule has 0 fully saturated rings. The highest BCUT2D eigenvalue weighted by molar-refractivity contribution is 5.80. The van der Waals surface area contributed by atoms with Crippen LogP contribution in [0.25, 0.3) is 10.9 Å². The molecule has 0 aliphatic heterocycles. The van der Waals surface area contributed by atoms with Crippen molar-refractivity contribution in [3.05, 3.63) is 35.5 Å². The second kappa shape index (κ2) is 4.49. The van der Waals surface area contributed by atoms with E-state index in [-0.39, 0.29) is 0 Å². The van der Waals surface area contributed by atoms with Crippen molar-refractivity contribution < 1.29 is 4.74 Å². The van der Waals surface area contributed by atoms with Crippen molar-refractivity contribution in [1.82, 2.24) is 4.98 Å². The Balaban J connectivity index is 2.15. The molecule has 0 bridgehead atoms. The second-order valence-corrected chi connectivity index (χ2v) is 3.97. The number of H-pyrrole nitrogens is 1. The van der Waals surface area contributed by atoms with Crippen LogP contribution < -0.4 is 0 Å². The maximum Gasteiger partial charge on any atom is 0.0465 e. The van der Waals surface area contributed by atoms with Crippen molar-refractivity contribution in [2.45, 2.75) is 19.8 Å². The average molecular weight is 203 g/mol. The van der Waals surface area contributed by atoms with Crippen LogP contribution in [0, 0.1) is 6.92 Å². The SMILES string of the molecule is COCCCc1ccc2cc(C)[nH]c2c1. The standard InChI is InChI=1S/C13H17NO/c1-10-8-12-6-5-11(4-3-7-15-2)9-13(12)14-10/h5-6,8-9,14H,3-4,7H2,1-2H3. The number of nitrogens with one attached hydrogen (secondary N) is 1. The molecule has 0 spiro atoms. The molecular weight excluding hydrogens is 186 g/mol. The second-order valence-electron chi connectivity index (χ2n) is 3.97. The Bertz CT molecular complexity index is 445. The Morgan fingerprint density at radius 2 is 2.13 bits per heavy atom. The number of fused-ring (bicyclic) bond motifs is 1. The molecule has 0 unspecified atom stereocenters. The van der Waals surface area contributed by atoms with Crippen LogP contribution in [0.5, 0.6) is 0 Å². The molecule has 0 saturated heterocycles. The first-order chi connectivity index (χ1) is 7.29.